The molecule has 0 aliphatic carbocycles. The average molecular weight is 191 g/mol. The van der Waals surface area contributed by atoms with E-state index in [1.807, 2.05) is 43.3 Å². The van der Waals surface area contributed by atoms with Gasteiger partial charge in [-0.15, -0.1) is 6.58 Å². The van der Waals surface area contributed by atoms with Gasteiger partial charge < -0.3 is 10.4 Å². The van der Waals surface area contributed by atoms with Crippen molar-refractivity contribution < 1.29 is 5.11 Å². The van der Waals surface area contributed by atoms with Crippen molar-refractivity contribution in [2.24, 2.45) is 0 Å². The van der Waals surface area contributed by atoms with E-state index in [9.17, 15) is 5.11 Å². The molecule has 0 heterocycles. The molecule has 0 bridgehead atoms. The third-order valence-corrected chi connectivity index (χ3v) is 2.20. The Bertz CT molecular complexity index is 271. The third kappa shape index (κ3) is 2.98. The van der Waals surface area contributed by atoms with Crippen LogP contribution in [-0.2, 0) is 0 Å². The van der Waals surface area contributed by atoms with Gasteiger partial charge in [0.15, 0.2) is 0 Å². The Balaban J connectivity index is 2.67. The molecule has 0 aliphatic rings. The first kappa shape index (κ1) is 11.0. The highest BCUT2D eigenvalue weighted by molar-refractivity contribution is 5.19. The standard InChI is InChI=1S/C12H17NO/c1-3-10(2)13-12(9-14)11-7-5-4-6-8-11/h3-8,10,12-14H,1,9H2,2H3. The number of hydrogen-bond donors (Lipinski definition) is 2. The lowest BCUT2D eigenvalue weighted by Gasteiger charge is -2.19. The quantitative estimate of drug-likeness (QED) is 0.696. The second-order valence-corrected chi connectivity index (χ2v) is 3.34. The number of aliphatic hydroxyl groups is 1. The Morgan fingerprint density at radius 1 is 1.43 bits per heavy atom. The number of aliphatic hydroxyl groups excluding tert-OH is 1. The van der Waals surface area contributed by atoms with E-state index < -0.39 is 0 Å². The minimum Gasteiger partial charge on any atom is -0.394 e. The van der Waals surface area contributed by atoms with Gasteiger partial charge in [0.25, 0.3) is 0 Å². The molecule has 2 heteroatoms. The molecule has 0 saturated heterocycles. The van der Waals surface area contributed by atoms with Crippen LogP contribution in [0.25, 0.3) is 0 Å². The maximum absolute atomic E-state index is 9.23. The largest absolute Gasteiger partial charge is 0.394 e. The van der Waals surface area contributed by atoms with Gasteiger partial charge in [0.2, 0.25) is 0 Å². The van der Waals surface area contributed by atoms with E-state index >= 15 is 0 Å². The Kier molecular flexibility index (Phi) is 4.36. The fourth-order valence-corrected chi connectivity index (χ4v) is 1.33. The topological polar surface area (TPSA) is 32.3 Å². The Labute approximate surface area is 85.3 Å². The molecule has 2 N–H and O–H groups in total. The molecule has 14 heavy (non-hydrogen) atoms. The van der Waals surface area contributed by atoms with Crippen LogP contribution in [0.2, 0.25) is 0 Å². The summed E-state index contributed by atoms with van der Waals surface area (Å²) in [5, 5.41) is 12.5. The van der Waals surface area contributed by atoms with E-state index in [-0.39, 0.29) is 18.7 Å². The third-order valence-electron chi connectivity index (χ3n) is 2.20. The Morgan fingerprint density at radius 3 is 2.57 bits per heavy atom. The molecule has 2 atom stereocenters. The number of rotatable bonds is 5. The Hall–Kier alpha value is -1.12. The van der Waals surface area contributed by atoms with E-state index in [2.05, 4.69) is 11.9 Å². The molecular weight excluding hydrogens is 174 g/mol. The van der Waals surface area contributed by atoms with Crippen molar-refractivity contribution in [2.75, 3.05) is 6.61 Å². The summed E-state index contributed by atoms with van der Waals surface area (Å²) in [5.74, 6) is 0. The predicted octanol–water partition coefficient (Wildman–Crippen LogP) is 1.88. The first-order valence-electron chi connectivity index (χ1n) is 4.82. The highest BCUT2D eigenvalue weighted by atomic mass is 16.3. The summed E-state index contributed by atoms with van der Waals surface area (Å²) >= 11 is 0. The number of nitrogens with one attached hydrogen (secondary N) is 1. The van der Waals surface area contributed by atoms with E-state index in [1.54, 1.807) is 0 Å². The molecule has 0 spiro atoms. The van der Waals surface area contributed by atoms with Crippen molar-refractivity contribution in [2.45, 2.75) is 19.0 Å². The van der Waals surface area contributed by atoms with Crippen LogP contribution in [0.1, 0.15) is 18.5 Å². The van der Waals surface area contributed by atoms with Crippen LogP contribution in [0, 0.1) is 0 Å². The zero-order valence-electron chi connectivity index (χ0n) is 8.48. The van der Waals surface area contributed by atoms with Crippen LogP contribution >= 0.6 is 0 Å². The van der Waals surface area contributed by atoms with Gasteiger partial charge in [-0.2, -0.15) is 0 Å². The van der Waals surface area contributed by atoms with Crippen molar-refractivity contribution in [1.82, 2.24) is 5.32 Å². The van der Waals surface area contributed by atoms with Crippen molar-refractivity contribution >= 4 is 0 Å². The average Bonchev–Trinajstić information content (AvgIpc) is 2.26. The van der Waals surface area contributed by atoms with Crippen LogP contribution in [0.3, 0.4) is 0 Å². The molecule has 2 unspecified atom stereocenters. The molecule has 0 amide bonds. The minimum atomic E-state index is -0.0100. The van der Waals surface area contributed by atoms with Crippen molar-refractivity contribution in [3.8, 4) is 0 Å². The van der Waals surface area contributed by atoms with Gasteiger partial charge in [0.05, 0.1) is 12.6 Å². The van der Waals surface area contributed by atoms with Gasteiger partial charge in [0.1, 0.15) is 0 Å². The molecule has 76 valence electrons. The zero-order chi connectivity index (χ0) is 10.4. The summed E-state index contributed by atoms with van der Waals surface area (Å²) in [5.41, 5.74) is 1.10. The molecule has 0 saturated carbocycles. The SMILES string of the molecule is C=CC(C)NC(CO)c1ccccc1. The monoisotopic (exact) mass is 191 g/mol. The molecule has 0 fully saturated rings. The van der Waals surface area contributed by atoms with Crippen molar-refractivity contribution in [3.63, 3.8) is 0 Å². The smallest absolute Gasteiger partial charge is 0.0626 e. The molecule has 0 radical (unpaired) electrons. The molecule has 1 rings (SSSR count). The first-order valence-corrected chi connectivity index (χ1v) is 4.82. The maximum atomic E-state index is 9.23. The van der Waals surface area contributed by atoms with E-state index in [0.29, 0.717) is 0 Å². The second kappa shape index (κ2) is 5.58. The van der Waals surface area contributed by atoms with E-state index in [4.69, 9.17) is 0 Å². The summed E-state index contributed by atoms with van der Waals surface area (Å²) < 4.78 is 0. The molecule has 0 aromatic heterocycles. The van der Waals surface area contributed by atoms with Crippen LogP contribution < -0.4 is 5.32 Å². The maximum Gasteiger partial charge on any atom is 0.0626 e. The molecule has 0 aliphatic heterocycles. The van der Waals surface area contributed by atoms with Gasteiger partial charge in [-0.05, 0) is 12.5 Å². The van der Waals surface area contributed by atoms with Gasteiger partial charge in [-0.25, -0.2) is 0 Å². The summed E-state index contributed by atoms with van der Waals surface area (Å²) in [4.78, 5) is 0. The predicted molar refractivity (Wildman–Crippen MR) is 59.1 cm³/mol. The fourth-order valence-electron chi connectivity index (χ4n) is 1.33. The van der Waals surface area contributed by atoms with Gasteiger partial charge >= 0.3 is 0 Å². The summed E-state index contributed by atoms with van der Waals surface area (Å²) in [6.07, 6.45) is 1.82. The normalized spacial score (nSPS) is 14.7. The molecular formula is C12H17NO. The van der Waals surface area contributed by atoms with E-state index in [1.165, 1.54) is 0 Å². The minimum absolute atomic E-state index is 0.0100. The van der Waals surface area contributed by atoms with Crippen molar-refractivity contribution in [3.05, 3.63) is 48.6 Å². The van der Waals surface area contributed by atoms with Crippen LogP contribution in [0.15, 0.2) is 43.0 Å². The lowest BCUT2D eigenvalue weighted by Crippen LogP contribution is -2.31. The summed E-state index contributed by atoms with van der Waals surface area (Å²) in [6, 6.07) is 10.1. The van der Waals surface area contributed by atoms with Crippen LogP contribution in [0.5, 0.6) is 0 Å². The lowest BCUT2D eigenvalue weighted by molar-refractivity contribution is 0.240. The second-order valence-electron chi connectivity index (χ2n) is 3.34. The van der Waals surface area contributed by atoms with E-state index in [0.717, 1.165) is 5.56 Å². The van der Waals surface area contributed by atoms with Gasteiger partial charge in [-0.3, -0.25) is 0 Å². The van der Waals surface area contributed by atoms with Crippen LogP contribution in [0.4, 0.5) is 0 Å². The molecule has 2 nitrogen and oxygen atoms in total. The fraction of sp³-hybridized carbons (Fsp3) is 0.333. The van der Waals surface area contributed by atoms with Crippen LogP contribution in [-0.4, -0.2) is 17.8 Å². The zero-order valence-corrected chi connectivity index (χ0v) is 8.48. The summed E-state index contributed by atoms with van der Waals surface area (Å²) in [7, 11) is 0. The number of benzene rings is 1. The number of hydrogen-bond acceptors (Lipinski definition) is 2. The summed E-state index contributed by atoms with van der Waals surface area (Å²) in [6.45, 7) is 5.81. The molecule has 1 aromatic carbocycles. The van der Waals surface area contributed by atoms with Gasteiger partial charge in [-0.1, -0.05) is 36.4 Å². The highest BCUT2D eigenvalue weighted by Gasteiger charge is 2.10. The van der Waals surface area contributed by atoms with Crippen molar-refractivity contribution in [1.29, 1.82) is 0 Å². The highest BCUT2D eigenvalue weighted by Crippen LogP contribution is 2.12. The first-order chi connectivity index (χ1) is 6.77. The molecule has 1 aromatic rings. The van der Waals surface area contributed by atoms with Gasteiger partial charge in [0, 0.05) is 6.04 Å². The lowest BCUT2D eigenvalue weighted by atomic mass is 10.1. The Morgan fingerprint density at radius 2 is 2.07 bits per heavy atom.